The number of hydrogen-bond donors (Lipinski definition) is 2. The lowest BCUT2D eigenvalue weighted by Gasteiger charge is -2.15. The van der Waals surface area contributed by atoms with Crippen molar-refractivity contribution in [2.24, 2.45) is 11.7 Å². The van der Waals surface area contributed by atoms with Gasteiger partial charge in [0.2, 0.25) is 5.91 Å². The van der Waals surface area contributed by atoms with Gasteiger partial charge in [-0.15, -0.1) is 0 Å². The molecule has 0 aliphatic carbocycles. The molecule has 106 valence electrons. The smallest absolute Gasteiger partial charge is 0.242 e. The van der Waals surface area contributed by atoms with Crippen molar-refractivity contribution in [1.82, 2.24) is 0 Å². The van der Waals surface area contributed by atoms with Gasteiger partial charge in [-0.25, -0.2) is 8.42 Å². The molecule has 2 atom stereocenters. The first-order valence-electron chi connectivity index (χ1n) is 6.14. The van der Waals surface area contributed by atoms with Gasteiger partial charge in [0.25, 0.3) is 0 Å². The first kappa shape index (κ1) is 15.7. The van der Waals surface area contributed by atoms with E-state index in [9.17, 15) is 13.2 Å². The molecule has 0 saturated carbocycles. The SMILES string of the molecule is CC(CN)CS(=O)(=O)C(C)C(=O)Nc1ccccc1. The lowest BCUT2D eigenvalue weighted by Crippen LogP contribution is -2.36. The summed E-state index contributed by atoms with van der Waals surface area (Å²) >= 11 is 0. The number of para-hydroxylation sites is 1. The monoisotopic (exact) mass is 284 g/mol. The third kappa shape index (κ3) is 4.65. The molecule has 1 rings (SSSR count). The molecule has 1 amide bonds. The number of nitrogens with one attached hydrogen (secondary N) is 1. The Bertz CT molecular complexity index is 514. The van der Waals surface area contributed by atoms with Gasteiger partial charge in [0.1, 0.15) is 5.25 Å². The maximum atomic E-state index is 12.0. The quantitative estimate of drug-likeness (QED) is 0.816. The highest BCUT2D eigenvalue weighted by Gasteiger charge is 2.29. The van der Waals surface area contributed by atoms with Crippen molar-refractivity contribution in [3.05, 3.63) is 30.3 Å². The fourth-order valence-corrected chi connectivity index (χ4v) is 3.14. The van der Waals surface area contributed by atoms with Gasteiger partial charge in [-0.3, -0.25) is 4.79 Å². The summed E-state index contributed by atoms with van der Waals surface area (Å²) in [5.74, 6) is -0.750. The van der Waals surface area contributed by atoms with Crippen LogP contribution in [0.3, 0.4) is 0 Å². The molecule has 0 fully saturated rings. The van der Waals surface area contributed by atoms with E-state index in [1.807, 2.05) is 6.07 Å². The van der Waals surface area contributed by atoms with Crippen LogP contribution in [0.4, 0.5) is 5.69 Å². The number of rotatable bonds is 6. The van der Waals surface area contributed by atoms with Crippen LogP contribution in [0, 0.1) is 5.92 Å². The number of anilines is 1. The van der Waals surface area contributed by atoms with Crippen LogP contribution in [0.25, 0.3) is 0 Å². The van der Waals surface area contributed by atoms with Gasteiger partial charge in [-0.2, -0.15) is 0 Å². The minimum Gasteiger partial charge on any atom is -0.330 e. The lowest BCUT2D eigenvalue weighted by molar-refractivity contribution is -0.115. The minimum atomic E-state index is -3.48. The van der Waals surface area contributed by atoms with E-state index in [0.717, 1.165) is 0 Å². The summed E-state index contributed by atoms with van der Waals surface area (Å²) in [4.78, 5) is 11.9. The van der Waals surface area contributed by atoms with Gasteiger partial charge >= 0.3 is 0 Å². The second-order valence-corrected chi connectivity index (χ2v) is 7.03. The van der Waals surface area contributed by atoms with Gasteiger partial charge in [0, 0.05) is 5.69 Å². The molecule has 19 heavy (non-hydrogen) atoms. The van der Waals surface area contributed by atoms with E-state index in [2.05, 4.69) is 5.32 Å². The Balaban J connectivity index is 2.71. The number of amides is 1. The van der Waals surface area contributed by atoms with Crippen LogP contribution >= 0.6 is 0 Å². The summed E-state index contributed by atoms with van der Waals surface area (Å²) in [5.41, 5.74) is 6.00. The predicted molar refractivity (Wildman–Crippen MR) is 76.5 cm³/mol. The van der Waals surface area contributed by atoms with E-state index < -0.39 is 21.0 Å². The molecular weight excluding hydrogens is 264 g/mol. The van der Waals surface area contributed by atoms with Crippen molar-refractivity contribution < 1.29 is 13.2 Å². The van der Waals surface area contributed by atoms with E-state index >= 15 is 0 Å². The zero-order valence-electron chi connectivity index (χ0n) is 11.2. The molecule has 0 spiro atoms. The molecule has 0 aromatic heterocycles. The second kappa shape index (κ2) is 6.68. The largest absolute Gasteiger partial charge is 0.330 e. The molecule has 3 N–H and O–H groups in total. The number of hydrogen-bond acceptors (Lipinski definition) is 4. The van der Waals surface area contributed by atoms with Crippen molar-refractivity contribution in [3.63, 3.8) is 0 Å². The fourth-order valence-electron chi connectivity index (χ4n) is 1.54. The molecule has 0 aliphatic rings. The fraction of sp³-hybridized carbons (Fsp3) is 0.462. The van der Waals surface area contributed by atoms with Crippen molar-refractivity contribution in [2.45, 2.75) is 19.1 Å². The Hall–Kier alpha value is -1.40. The number of benzene rings is 1. The van der Waals surface area contributed by atoms with E-state index in [-0.39, 0.29) is 18.2 Å². The third-order valence-electron chi connectivity index (χ3n) is 2.87. The Kier molecular flexibility index (Phi) is 5.50. The van der Waals surface area contributed by atoms with Gasteiger partial charge in [0.05, 0.1) is 5.75 Å². The predicted octanol–water partition coefficient (Wildman–Crippen LogP) is 1.02. The molecule has 6 heteroatoms. The van der Waals surface area contributed by atoms with E-state index in [1.165, 1.54) is 6.92 Å². The summed E-state index contributed by atoms with van der Waals surface area (Å²) in [6.07, 6.45) is 0. The maximum absolute atomic E-state index is 12.0. The Labute approximate surface area is 114 Å². The van der Waals surface area contributed by atoms with Crippen LogP contribution in [-0.2, 0) is 14.6 Å². The summed E-state index contributed by atoms with van der Waals surface area (Å²) in [7, 11) is -3.48. The molecule has 1 aromatic rings. The zero-order valence-corrected chi connectivity index (χ0v) is 12.0. The van der Waals surface area contributed by atoms with Gasteiger partial charge in [0.15, 0.2) is 9.84 Å². The molecule has 0 saturated heterocycles. The molecular formula is C13H20N2O3S. The van der Waals surface area contributed by atoms with Gasteiger partial charge in [-0.05, 0) is 31.5 Å². The molecule has 0 bridgehead atoms. The average molecular weight is 284 g/mol. The topological polar surface area (TPSA) is 89.3 Å². The Morgan fingerprint density at radius 3 is 2.37 bits per heavy atom. The molecule has 0 heterocycles. The maximum Gasteiger partial charge on any atom is 0.242 e. The van der Waals surface area contributed by atoms with Crippen LogP contribution in [0.15, 0.2) is 30.3 Å². The van der Waals surface area contributed by atoms with Gasteiger partial charge < -0.3 is 11.1 Å². The highest BCUT2D eigenvalue weighted by molar-refractivity contribution is 7.92. The van der Waals surface area contributed by atoms with E-state index in [1.54, 1.807) is 31.2 Å². The van der Waals surface area contributed by atoms with E-state index in [4.69, 9.17) is 5.73 Å². The van der Waals surface area contributed by atoms with Gasteiger partial charge in [-0.1, -0.05) is 25.1 Å². The molecule has 0 aliphatic heterocycles. The van der Waals surface area contributed by atoms with Crippen LogP contribution in [-0.4, -0.2) is 31.9 Å². The number of carbonyl (C=O) groups is 1. The second-order valence-electron chi connectivity index (χ2n) is 4.67. The minimum absolute atomic E-state index is 0.0765. The first-order chi connectivity index (χ1) is 8.86. The standard InChI is InChI=1S/C13H20N2O3S/c1-10(8-14)9-19(17,18)11(2)13(16)15-12-6-4-3-5-7-12/h3-7,10-11H,8-9,14H2,1-2H3,(H,15,16). The molecule has 5 nitrogen and oxygen atoms in total. The normalized spacial score (nSPS) is 14.7. The summed E-state index contributed by atoms with van der Waals surface area (Å²) in [5, 5.41) is 1.51. The third-order valence-corrected chi connectivity index (χ3v) is 5.19. The van der Waals surface area contributed by atoms with Crippen LogP contribution < -0.4 is 11.1 Å². The summed E-state index contributed by atoms with van der Waals surface area (Å²) in [6.45, 7) is 3.43. The number of nitrogens with two attached hydrogens (primary N) is 1. The van der Waals surface area contributed by atoms with Crippen molar-refractivity contribution in [1.29, 1.82) is 0 Å². The number of carbonyl (C=O) groups excluding carboxylic acids is 1. The lowest BCUT2D eigenvalue weighted by atomic mass is 10.2. The molecule has 2 unspecified atom stereocenters. The highest BCUT2D eigenvalue weighted by atomic mass is 32.2. The summed E-state index contributed by atoms with van der Waals surface area (Å²) in [6, 6.07) is 8.77. The Morgan fingerprint density at radius 2 is 1.84 bits per heavy atom. The summed E-state index contributed by atoms with van der Waals surface area (Å²) < 4.78 is 24.0. The highest BCUT2D eigenvalue weighted by Crippen LogP contribution is 2.11. The molecule has 0 radical (unpaired) electrons. The van der Waals surface area contributed by atoms with Crippen LogP contribution in [0.5, 0.6) is 0 Å². The van der Waals surface area contributed by atoms with Crippen LogP contribution in [0.2, 0.25) is 0 Å². The van der Waals surface area contributed by atoms with E-state index in [0.29, 0.717) is 5.69 Å². The van der Waals surface area contributed by atoms with Crippen LogP contribution in [0.1, 0.15) is 13.8 Å². The average Bonchev–Trinajstić information content (AvgIpc) is 2.38. The molecule has 1 aromatic carbocycles. The van der Waals surface area contributed by atoms with Crippen molar-refractivity contribution >= 4 is 21.4 Å². The van der Waals surface area contributed by atoms with Crippen molar-refractivity contribution in [3.8, 4) is 0 Å². The Morgan fingerprint density at radius 1 is 1.26 bits per heavy atom. The number of sulfone groups is 1. The van der Waals surface area contributed by atoms with Crippen molar-refractivity contribution in [2.75, 3.05) is 17.6 Å². The first-order valence-corrected chi connectivity index (χ1v) is 7.86. The zero-order chi connectivity index (χ0) is 14.5.